The first kappa shape index (κ1) is 8.26. The number of rotatable bonds is 1. The van der Waals surface area contributed by atoms with Crippen LogP contribution in [-0.4, -0.2) is 0 Å². The van der Waals surface area contributed by atoms with Gasteiger partial charge in [0, 0.05) is 10.8 Å². The zero-order valence-corrected chi connectivity index (χ0v) is 7.25. The van der Waals surface area contributed by atoms with Gasteiger partial charge in [-0.1, -0.05) is 0 Å². The molecule has 0 saturated carbocycles. The SMILES string of the molecule is CC(N)c1occ2cc(F)ccc12. The molecular weight excluding hydrogens is 169 g/mol. The van der Waals surface area contributed by atoms with Gasteiger partial charge >= 0.3 is 0 Å². The number of hydrogen-bond acceptors (Lipinski definition) is 2. The molecule has 1 unspecified atom stereocenters. The van der Waals surface area contributed by atoms with Gasteiger partial charge in [-0.15, -0.1) is 0 Å². The molecule has 0 fully saturated rings. The van der Waals surface area contributed by atoms with Gasteiger partial charge in [0.05, 0.1) is 12.3 Å². The highest BCUT2D eigenvalue weighted by atomic mass is 19.1. The smallest absolute Gasteiger partial charge is 0.128 e. The summed E-state index contributed by atoms with van der Waals surface area (Å²) >= 11 is 0. The van der Waals surface area contributed by atoms with E-state index in [-0.39, 0.29) is 11.9 Å². The third kappa shape index (κ3) is 1.31. The first-order valence-corrected chi connectivity index (χ1v) is 4.10. The van der Waals surface area contributed by atoms with Crippen molar-refractivity contribution in [3.63, 3.8) is 0 Å². The lowest BCUT2D eigenvalue weighted by Gasteiger charge is -2.00. The maximum absolute atomic E-state index is 12.8. The summed E-state index contributed by atoms with van der Waals surface area (Å²) in [6.45, 7) is 1.83. The van der Waals surface area contributed by atoms with E-state index < -0.39 is 0 Å². The Morgan fingerprint density at radius 1 is 1.46 bits per heavy atom. The maximum atomic E-state index is 12.8. The second-order valence-corrected chi connectivity index (χ2v) is 3.12. The van der Waals surface area contributed by atoms with Crippen molar-refractivity contribution in [2.75, 3.05) is 0 Å². The molecule has 0 amide bonds. The highest BCUT2D eigenvalue weighted by Crippen LogP contribution is 2.25. The predicted molar refractivity (Wildman–Crippen MR) is 48.8 cm³/mol. The van der Waals surface area contributed by atoms with Crippen molar-refractivity contribution in [2.24, 2.45) is 5.73 Å². The third-order valence-corrected chi connectivity index (χ3v) is 2.01. The average molecular weight is 179 g/mol. The predicted octanol–water partition coefficient (Wildman–Crippen LogP) is 2.59. The molecule has 2 N–H and O–H groups in total. The van der Waals surface area contributed by atoms with Crippen molar-refractivity contribution >= 4 is 10.8 Å². The van der Waals surface area contributed by atoms with E-state index in [0.717, 1.165) is 10.8 Å². The molecule has 2 aromatic rings. The molecule has 0 spiro atoms. The Kier molecular flexibility index (Phi) is 1.81. The van der Waals surface area contributed by atoms with E-state index in [9.17, 15) is 4.39 Å². The van der Waals surface area contributed by atoms with Crippen molar-refractivity contribution in [3.05, 3.63) is 36.0 Å². The lowest BCUT2D eigenvalue weighted by molar-refractivity contribution is 0.485. The third-order valence-electron chi connectivity index (χ3n) is 2.01. The van der Waals surface area contributed by atoms with E-state index >= 15 is 0 Å². The van der Waals surface area contributed by atoms with Crippen LogP contribution in [0, 0.1) is 5.82 Å². The molecule has 0 aliphatic carbocycles. The van der Waals surface area contributed by atoms with Crippen molar-refractivity contribution in [1.82, 2.24) is 0 Å². The van der Waals surface area contributed by atoms with Crippen LogP contribution < -0.4 is 5.73 Å². The summed E-state index contributed by atoms with van der Waals surface area (Å²) in [5, 5.41) is 1.64. The van der Waals surface area contributed by atoms with Gasteiger partial charge in [0.1, 0.15) is 11.6 Å². The molecule has 2 nitrogen and oxygen atoms in total. The highest BCUT2D eigenvalue weighted by Gasteiger charge is 2.09. The molecule has 68 valence electrons. The molecule has 1 atom stereocenters. The summed E-state index contributed by atoms with van der Waals surface area (Å²) < 4.78 is 18.0. The molecule has 13 heavy (non-hydrogen) atoms. The lowest BCUT2D eigenvalue weighted by Crippen LogP contribution is -2.03. The van der Waals surface area contributed by atoms with E-state index in [2.05, 4.69) is 0 Å². The minimum absolute atomic E-state index is 0.164. The summed E-state index contributed by atoms with van der Waals surface area (Å²) in [6.07, 6.45) is 1.52. The fourth-order valence-electron chi connectivity index (χ4n) is 1.40. The maximum Gasteiger partial charge on any atom is 0.128 e. The van der Waals surface area contributed by atoms with Gasteiger partial charge in [-0.05, 0) is 25.1 Å². The minimum Gasteiger partial charge on any atom is -0.466 e. The molecular formula is C10H10FNO. The Labute approximate surface area is 75.1 Å². The molecule has 2 rings (SSSR count). The van der Waals surface area contributed by atoms with Crippen LogP contribution in [-0.2, 0) is 0 Å². The summed E-state index contributed by atoms with van der Waals surface area (Å²) in [5.74, 6) is 0.444. The van der Waals surface area contributed by atoms with E-state index in [1.54, 1.807) is 6.07 Å². The van der Waals surface area contributed by atoms with Gasteiger partial charge < -0.3 is 10.2 Å². The fourth-order valence-corrected chi connectivity index (χ4v) is 1.40. The summed E-state index contributed by atoms with van der Waals surface area (Å²) in [7, 11) is 0. The number of hydrogen-bond donors (Lipinski definition) is 1. The number of fused-ring (bicyclic) bond motifs is 1. The lowest BCUT2D eigenvalue weighted by atomic mass is 10.1. The van der Waals surface area contributed by atoms with E-state index in [4.69, 9.17) is 10.2 Å². The molecule has 0 aliphatic heterocycles. The number of benzene rings is 1. The van der Waals surface area contributed by atoms with Gasteiger partial charge in [-0.3, -0.25) is 0 Å². The molecule has 0 saturated heterocycles. The van der Waals surface area contributed by atoms with Gasteiger partial charge in [-0.25, -0.2) is 4.39 Å². The normalized spacial score (nSPS) is 13.5. The van der Waals surface area contributed by atoms with Crippen LogP contribution in [0.2, 0.25) is 0 Å². The van der Waals surface area contributed by atoms with Gasteiger partial charge in [-0.2, -0.15) is 0 Å². The van der Waals surface area contributed by atoms with Crippen molar-refractivity contribution in [2.45, 2.75) is 13.0 Å². The average Bonchev–Trinajstić information content (AvgIpc) is 2.46. The van der Waals surface area contributed by atoms with Crippen LogP contribution in [0.3, 0.4) is 0 Å². The van der Waals surface area contributed by atoms with Crippen molar-refractivity contribution in [3.8, 4) is 0 Å². The summed E-state index contributed by atoms with van der Waals surface area (Å²) in [5.41, 5.74) is 5.67. The largest absolute Gasteiger partial charge is 0.466 e. The van der Waals surface area contributed by atoms with Crippen LogP contribution in [0.25, 0.3) is 10.8 Å². The molecule has 0 bridgehead atoms. The van der Waals surface area contributed by atoms with Crippen LogP contribution in [0.5, 0.6) is 0 Å². The van der Waals surface area contributed by atoms with Gasteiger partial charge in [0.25, 0.3) is 0 Å². The monoisotopic (exact) mass is 179 g/mol. The number of furan rings is 1. The Morgan fingerprint density at radius 2 is 2.23 bits per heavy atom. The quantitative estimate of drug-likeness (QED) is 0.730. The molecule has 1 aromatic heterocycles. The minimum atomic E-state index is -0.260. The van der Waals surface area contributed by atoms with Crippen molar-refractivity contribution < 1.29 is 8.81 Å². The standard InChI is InChI=1S/C10H10FNO/c1-6(12)10-9-3-2-8(11)4-7(9)5-13-10/h2-6H,12H2,1H3. The second-order valence-electron chi connectivity index (χ2n) is 3.12. The van der Waals surface area contributed by atoms with Crippen molar-refractivity contribution in [1.29, 1.82) is 0 Å². The Hall–Kier alpha value is -1.35. The molecule has 0 aliphatic rings. The fraction of sp³-hybridized carbons (Fsp3) is 0.200. The van der Waals surface area contributed by atoms with Gasteiger partial charge in [0.2, 0.25) is 0 Å². The number of nitrogens with two attached hydrogens (primary N) is 1. The van der Waals surface area contributed by atoms with Crippen LogP contribution >= 0.6 is 0 Å². The van der Waals surface area contributed by atoms with E-state index in [1.165, 1.54) is 18.4 Å². The van der Waals surface area contributed by atoms with E-state index in [1.807, 2.05) is 6.92 Å². The van der Waals surface area contributed by atoms with Crippen LogP contribution in [0.15, 0.2) is 28.9 Å². The molecule has 0 radical (unpaired) electrons. The van der Waals surface area contributed by atoms with E-state index in [0.29, 0.717) is 5.76 Å². The molecule has 3 heteroatoms. The molecule has 1 aromatic carbocycles. The highest BCUT2D eigenvalue weighted by molar-refractivity contribution is 5.84. The molecule has 1 heterocycles. The second kappa shape index (κ2) is 2.85. The number of halogens is 1. The topological polar surface area (TPSA) is 39.2 Å². The Balaban J connectivity index is 2.69. The summed E-state index contributed by atoms with van der Waals surface area (Å²) in [6, 6.07) is 4.37. The van der Waals surface area contributed by atoms with Gasteiger partial charge in [0.15, 0.2) is 0 Å². The van der Waals surface area contributed by atoms with Crippen LogP contribution in [0.1, 0.15) is 18.7 Å². The zero-order chi connectivity index (χ0) is 9.42. The Bertz CT molecular complexity index is 433. The first-order chi connectivity index (χ1) is 6.18. The summed E-state index contributed by atoms with van der Waals surface area (Å²) in [4.78, 5) is 0. The Morgan fingerprint density at radius 3 is 2.92 bits per heavy atom. The first-order valence-electron chi connectivity index (χ1n) is 4.10. The van der Waals surface area contributed by atoms with Crippen LogP contribution in [0.4, 0.5) is 4.39 Å². The zero-order valence-electron chi connectivity index (χ0n) is 7.25.